The molecule has 1 amide bonds. The third-order valence-corrected chi connectivity index (χ3v) is 5.94. The summed E-state index contributed by atoms with van der Waals surface area (Å²) in [4.78, 5) is 31.7. The SMILES string of the molecule is CCOC(=O)C1(CC(=O)N2CCC[C@@H](c3nc4ccccc4o3)C2)CCC1. The lowest BCUT2D eigenvalue weighted by Gasteiger charge is -2.40. The van der Waals surface area contributed by atoms with E-state index in [2.05, 4.69) is 4.98 Å². The predicted molar refractivity (Wildman–Crippen MR) is 100 cm³/mol. The summed E-state index contributed by atoms with van der Waals surface area (Å²) in [6, 6.07) is 7.73. The number of carbonyl (C=O) groups excluding carboxylic acids is 2. The summed E-state index contributed by atoms with van der Waals surface area (Å²) in [6.45, 7) is 3.50. The molecule has 2 aromatic rings. The molecule has 2 aliphatic rings. The minimum Gasteiger partial charge on any atom is -0.466 e. The Balaban J connectivity index is 1.44. The van der Waals surface area contributed by atoms with Crippen LogP contribution in [0.3, 0.4) is 0 Å². The summed E-state index contributed by atoms with van der Waals surface area (Å²) in [5.41, 5.74) is 1.04. The standard InChI is InChI=1S/C21H26N2O4/c1-2-26-20(25)21(10-6-11-21)13-18(24)23-12-5-7-15(14-23)19-22-16-8-3-4-9-17(16)27-19/h3-4,8-9,15H,2,5-7,10-14H2,1H3/t15-/m1/s1. The third-order valence-electron chi connectivity index (χ3n) is 5.94. The summed E-state index contributed by atoms with van der Waals surface area (Å²) in [5.74, 6) is 0.646. The molecule has 0 bridgehead atoms. The predicted octanol–water partition coefficient (Wildman–Crippen LogP) is 3.66. The Bertz CT molecular complexity index is 807. The van der Waals surface area contributed by atoms with Crippen molar-refractivity contribution < 1.29 is 18.7 Å². The van der Waals surface area contributed by atoms with E-state index < -0.39 is 5.41 Å². The fourth-order valence-electron chi connectivity index (χ4n) is 4.21. The van der Waals surface area contributed by atoms with Crippen molar-refractivity contribution in [3.8, 4) is 0 Å². The molecule has 1 aromatic heterocycles. The number of ether oxygens (including phenoxy) is 1. The number of piperidine rings is 1. The van der Waals surface area contributed by atoms with Gasteiger partial charge in [0, 0.05) is 19.5 Å². The number of nitrogens with zero attached hydrogens (tertiary/aromatic N) is 2. The highest BCUT2D eigenvalue weighted by atomic mass is 16.5. The molecule has 2 heterocycles. The second-order valence-electron chi connectivity index (χ2n) is 7.73. The van der Waals surface area contributed by atoms with Gasteiger partial charge < -0.3 is 14.1 Å². The molecule has 1 saturated carbocycles. The fraction of sp³-hybridized carbons (Fsp3) is 0.571. The molecule has 1 aliphatic carbocycles. The van der Waals surface area contributed by atoms with E-state index in [1.165, 1.54) is 0 Å². The highest BCUT2D eigenvalue weighted by Crippen LogP contribution is 2.45. The monoisotopic (exact) mass is 370 g/mol. The lowest BCUT2D eigenvalue weighted by atomic mass is 9.66. The Labute approximate surface area is 158 Å². The molecule has 6 heteroatoms. The second-order valence-corrected chi connectivity index (χ2v) is 7.73. The number of hydrogen-bond acceptors (Lipinski definition) is 5. The normalized spacial score (nSPS) is 21.7. The van der Waals surface area contributed by atoms with E-state index in [-0.39, 0.29) is 24.2 Å². The summed E-state index contributed by atoms with van der Waals surface area (Å²) >= 11 is 0. The fourth-order valence-corrected chi connectivity index (χ4v) is 4.21. The zero-order valence-corrected chi connectivity index (χ0v) is 15.8. The van der Waals surface area contributed by atoms with Gasteiger partial charge >= 0.3 is 5.97 Å². The van der Waals surface area contributed by atoms with Gasteiger partial charge in [0.15, 0.2) is 11.5 Å². The van der Waals surface area contributed by atoms with Gasteiger partial charge in [-0.05, 0) is 44.7 Å². The molecule has 0 radical (unpaired) electrons. The zero-order chi connectivity index (χ0) is 18.9. The highest BCUT2D eigenvalue weighted by molar-refractivity contribution is 5.86. The van der Waals surface area contributed by atoms with Crippen LogP contribution in [0.4, 0.5) is 0 Å². The van der Waals surface area contributed by atoms with Gasteiger partial charge in [-0.25, -0.2) is 4.98 Å². The molecule has 0 N–H and O–H groups in total. The molecule has 1 saturated heterocycles. The van der Waals surface area contributed by atoms with Gasteiger partial charge in [0.1, 0.15) is 5.52 Å². The van der Waals surface area contributed by atoms with Crippen molar-refractivity contribution in [2.24, 2.45) is 5.41 Å². The van der Waals surface area contributed by atoms with Gasteiger partial charge in [0.05, 0.1) is 17.9 Å². The largest absolute Gasteiger partial charge is 0.466 e. The number of rotatable bonds is 5. The van der Waals surface area contributed by atoms with E-state index in [0.717, 1.165) is 49.7 Å². The van der Waals surface area contributed by atoms with Gasteiger partial charge in [0.2, 0.25) is 5.91 Å². The molecule has 6 nitrogen and oxygen atoms in total. The number of amides is 1. The molecule has 1 aliphatic heterocycles. The number of hydrogen-bond donors (Lipinski definition) is 0. The summed E-state index contributed by atoms with van der Waals surface area (Å²) in [6.07, 6.45) is 4.62. The van der Waals surface area contributed by atoms with E-state index >= 15 is 0 Å². The Morgan fingerprint density at radius 3 is 2.81 bits per heavy atom. The van der Waals surface area contributed by atoms with Crippen LogP contribution in [0.2, 0.25) is 0 Å². The van der Waals surface area contributed by atoms with Crippen LogP contribution in [0, 0.1) is 5.41 Å². The molecule has 2 fully saturated rings. The first-order valence-electron chi connectivity index (χ1n) is 9.92. The maximum atomic E-state index is 12.9. The smallest absolute Gasteiger partial charge is 0.312 e. The van der Waals surface area contributed by atoms with E-state index in [1.807, 2.05) is 36.1 Å². The minimum atomic E-state index is -0.600. The van der Waals surface area contributed by atoms with Crippen molar-refractivity contribution in [3.63, 3.8) is 0 Å². The van der Waals surface area contributed by atoms with E-state index in [9.17, 15) is 9.59 Å². The van der Waals surface area contributed by atoms with Crippen LogP contribution in [0.25, 0.3) is 11.1 Å². The van der Waals surface area contributed by atoms with Crippen LogP contribution < -0.4 is 0 Å². The topological polar surface area (TPSA) is 72.6 Å². The maximum absolute atomic E-state index is 12.9. The summed E-state index contributed by atoms with van der Waals surface area (Å²) in [5, 5.41) is 0. The number of oxazole rings is 1. The Kier molecular flexibility index (Phi) is 4.89. The van der Waals surface area contributed by atoms with Crippen molar-refractivity contribution in [2.75, 3.05) is 19.7 Å². The zero-order valence-electron chi connectivity index (χ0n) is 15.8. The molecule has 0 spiro atoms. The van der Waals surface area contributed by atoms with Crippen LogP contribution in [0.15, 0.2) is 28.7 Å². The number of fused-ring (bicyclic) bond motifs is 1. The molecule has 27 heavy (non-hydrogen) atoms. The van der Waals surface area contributed by atoms with Crippen molar-refractivity contribution in [1.29, 1.82) is 0 Å². The van der Waals surface area contributed by atoms with Crippen LogP contribution in [-0.4, -0.2) is 41.5 Å². The molecule has 1 atom stereocenters. The molecule has 1 aromatic carbocycles. The number of aromatic nitrogens is 1. The number of likely N-dealkylation sites (tertiary alicyclic amines) is 1. The third kappa shape index (κ3) is 3.45. The number of para-hydroxylation sites is 2. The lowest BCUT2D eigenvalue weighted by Crippen LogP contribution is -2.46. The Hall–Kier alpha value is -2.37. The van der Waals surface area contributed by atoms with Crippen molar-refractivity contribution in [3.05, 3.63) is 30.2 Å². The van der Waals surface area contributed by atoms with Gasteiger partial charge in [-0.3, -0.25) is 9.59 Å². The average molecular weight is 370 g/mol. The number of benzene rings is 1. The van der Waals surface area contributed by atoms with Gasteiger partial charge in [-0.1, -0.05) is 18.6 Å². The lowest BCUT2D eigenvalue weighted by molar-refractivity contribution is -0.165. The first kappa shape index (κ1) is 18.0. The Morgan fingerprint density at radius 2 is 2.11 bits per heavy atom. The highest BCUT2D eigenvalue weighted by Gasteiger charge is 2.48. The summed E-state index contributed by atoms with van der Waals surface area (Å²) in [7, 11) is 0. The molecule has 0 unspecified atom stereocenters. The molecular weight excluding hydrogens is 344 g/mol. The summed E-state index contributed by atoms with van der Waals surface area (Å²) < 4.78 is 11.1. The second kappa shape index (κ2) is 7.33. The van der Waals surface area contributed by atoms with E-state index in [4.69, 9.17) is 9.15 Å². The number of esters is 1. The maximum Gasteiger partial charge on any atom is 0.312 e. The van der Waals surface area contributed by atoms with Crippen LogP contribution in [-0.2, 0) is 14.3 Å². The quantitative estimate of drug-likeness (QED) is 0.751. The van der Waals surface area contributed by atoms with Gasteiger partial charge in [-0.15, -0.1) is 0 Å². The van der Waals surface area contributed by atoms with Crippen LogP contribution in [0.1, 0.15) is 57.3 Å². The van der Waals surface area contributed by atoms with Crippen molar-refractivity contribution in [2.45, 2.75) is 51.4 Å². The van der Waals surface area contributed by atoms with Crippen LogP contribution in [0.5, 0.6) is 0 Å². The van der Waals surface area contributed by atoms with Gasteiger partial charge in [-0.2, -0.15) is 0 Å². The first-order chi connectivity index (χ1) is 13.1. The number of carbonyl (C=O) groups is 2. The molecule has 144 valence electrons. The molecular formula is C21H26N2O4. The van der Waals surface area contributed by atoms with E-state index in [0.29, 0.717) is 19.0 Å². The van der Waals surface area contributed by atoms with Gasteiger partial charge in [0.25, 0.3) is 0 Å². The minimum absolute atomic E-state index is 0.0450. The molecule has 4 rings (SSSR count). The van der Waals surface area contributed by atoms with Crippen molar-refractivity contribution >= 4 is 23.0 Å². The Morgan fingerprint density at radius 1 is 1.30 bits per heavy atom. The average Bonchev–Trinajstić information content (AvgIpc) is 3.09. The first-order valence-corrected chi connectivity index (χ1v) is 9.92. The van der Waals surface area contributed by atoms with E-state index in [1.54, 1.807) is 0 Å². The van der Waals surface area contributed by atoms with Crippen molar-refractivity contribution in [1.82, 2.24) is 9.88 Å². The van der Waals surface area contributed by atoms with Crippen LogP contribution >= 0.6 is 0 Å².